The molecule has 0 aliphatic heterocycles. The van der Waals surface area contributed by atoms with Crippen LogP contribution in [0.25, 0.3) is 10.9 Å². The van der Waals surface area contributed by atoms with E-state index in [0.717, 1.165) is 22.3 Å². The molecule has 0 aliphatic carbocycles. The van der Waals surface area contributed by atoms with Crippen molar-refractivity contribution in [2.45, 2.75) is 0 Å². The maximum absolute atomic E-state index is 5.97. The van der Waals surface area contributed by atoms with Gasteiger partial charge in [0.1, 0.15) is 0 Å². The van der Waals surface area contributed by atoms with Crippen molar-refractivity contribution in [3.05, 3.63) is 65.8 Å². The van der Waals surface area contributed by atoms with Gasteiger partial charge in [-0.2, -0.15) is 0 Å². The van der Waals surface area contributed by atoms with E-state index in [2.05, 4.69) is 10.3 Å². The number of rotatable bonds is 2. The second-order valence-electron chi connectivity index (χ2n) is 4.01. The lowest BCUT2D eigenvalue weighted by molar-refractivity contribution is 1.40. The van der Waals surface area contributed by atoms with E-state index in [-0.39, 0.29) is 0 Å². The average Bonchev–Trinajstić information content (AvgIpc) is 2.40. The van der Waals surface area contributed by atoms with Gasteiger partial charge in [-0.25, -0.2) is 0 Å². The summed E-state index contributed by atoms with van der Waals surface area (Å²) in [6, 6.07) is 17.7. The molecule has 3 aromatic rings. The zero-order valence-electron chi connectivity index (χ0n) is 9.60. The van der Waals surface area contributed by atoms with Crippen molar-refractivity contribution in [1.82, 2.24) is 4.98 Å². The fourth-order valence-corrected chi connectivity index (χ4v) is 2.07. The van der Waals surface area contributed by atoms with Gasteiger partial charge in [0.15, 0.2) is 0 Å². The lowest BCUT2D eigenvalue weighted by Crippen LogP contribution is -1.92. The van der Waals surface area contributed by atoms with E-state index in [4.69, 9.17) is 11.6 Å². The van der Waals surface area contributed by atoms with Gasteiger partial charge < -0.3 is 5.32 Å². The second-order valence-corrected chi connectivity index (χ2v) is 4.45. The van der Waals surface area contributed by atoms with Crippen LogP contribution in [0.2, 0.25) is 5.02 Å². The highest BCUT2D eigenvalue weighted by Crippen LogP contribution is 2.26. The van der Waals surface area contributed by atoms with E-state index in [1.54, 1.807) is 6.20 Å². The predicted molar refractivity (Wildman–Crippen MR) is 76.5 cm³/mol. The number of benzene rings is 2. The third-order valence-electron chi connectivity index (χ3n) is 2.76. The molecule has 3 rings (SSSR count). The molecule has 0 fully saturated rings. The third-order valence-corrected chi connectivity index (χ3v) is 2.99. The summed E-state index contributed by atoms with van der Waals surface area (Å²) in [6.45, 7) is 0. The topological polar surface area (TPSA) is 24.9 Å². The number of nitrogens with one attached hydrogen (secondary N) is 1. The van der Waals surface area contributed by atoms with Crippen molar-refractivity contribution < 1.29 is 0 Å². The Labute approximate surface area is 110 Å². The minimum absolute atomic E-state index is 0.701. The molecule has 2 nitrogen and oxygen atoms in total. The maximum Gasteiger partial charge on any atom is 0.0737 e. The summed E-state index contributed by atoms with van der Waals surface area (Å²) in [6.07, 6.45) is 1.78. The molecule has 0 saturated heterocycles. The molecule has 1 heterocycles. The van der Waals surface area contributed by atoms with Crippen LogP contribution < -0.4 is 5.32 Å². The summed E-state index contributed by atoms with van der Waals surface area (Å²) in [7, 11) is 0. The van der Waals surface area contributed by atoms with Gasteiger partial charge in [-0.1, -0.05) is 29.8 Å². The number of aromatic nitrogens is 1. The molecule has 0 amide bonds. The van der Waals surface area contributed by atoms with Crippen LogP contribution in [0.3, 0.4) is 0 Å². The molecule has 0 saturated carbocycles. The summed E-state index contributed by atoms with van der Waals surface area (Å²) in [5.41, 5.74) is 2.98. The van der Waals surface area contributed by atoms with Crippen LogP contribution in [0.1, 0.15) is 0 Å². The van der Waals surface area contributed by atoms with Crippen LogP contribution in [-0.4, -0.2) is 4.98 Å². The van der Waals surface area contributed by atoms with Gasteiger partial charge in [0, 0.05) is 28.0 Å². The number of pyridine rings is 1. The number of halogens is 1. The minimum Gasteiger partial charge on any atom is -0.355 e. The fourth-order valence-electron chi connectivity index (χ4n) is 1.91. The first-order chi connectivity index (χ1) is 8.83. The largest absolute Gasteiger partial charge is 0.355 e. The van der Waals surface area contributed by atoms with E-state index < -0.39 is 0 Å². The first kappa shape index (κ1) is 11.1. The maximum atomic E-state index is 5.97. The summed E-state index contributed by atoms with van der Waals surface area (Å²) >= 11 is 5.97. The number of hydrogen-bond donors (Lipinski definition) is 1. The van der Waals surface area contributed by atoms with Crippen molar-refractivity contribution in [2.75, 3.05) is 5.32 Å². The van der Waals surface area contributed by atoms with Gasteiger partial charge in [-0.3, -0.25) is 4.98 Å². The van der Waals surface area contributed by atoms with Crippen LogP contribution in [0, 0.1) is 0 Å². The minimum atomic E-state index is 0.701. The van der Waals surface area contributed by atoms with E-state index in [9.17, 15) is 0 Å². The Morgan fingerprint density at radius 3 is 2.61 bits per heavy atom. The molecule has 2 aromatic carbocycles. The van der Waals surface area contributed by atoms with Crippen molar-refractivity contribution in [3.63, 3.8) is 0 Å². The Bertz CT molecular complexity index is 680. The van der Waals surface area contributed by atoms with Crippen LogP contribution >= 0.6 is 11.6 Å². The van der Waals surface area contributed by atoms with Crippen molar-refractivity contribution in [1.29, 1.82) is 0 Å². The average molecular weight is 255 g/mol. The van der Waals surface area contributed by atoms with E-state index >= 15 is 0 Å². The fraction of sp³-hybridized carbons (Fsp3) is 0. The highest BCUT2D eigenvalue weighted by Gasteiger charge is 2.02. The number of hydrogen-bond acceptors (Lipinski definition) is 2. The number of fused-ring (bicyclic) bond motifs is 1. The molecule has 0 unspecified atom stereocenters. The first-order valence-electron chi connectivity index (χ1n) is 5.69. The van der Waals surface area contributed by atoms with Crippen LogP contribution in [-0.2, 0) is 0 Å². The second kappa shape index (κ2) is 4.67. The highest BCUT2D eigenvalue weighted by atomic mass is 35.5. The lowest BCUT2D eigenvalue weighted by atomic mass is 10.2. The molecule has 3 heteroatoms. The quantitative estimate of drug-likeness (QED) is 0.721. The molecular weight excluding hydrogens is 244 g/mol. The smallest absolute Gasteiger partial charge is 0.0737 e. The van der Waals surface area contributed by atoms with Crippen molar-refractivity contribution in [3.8, 4) is 0 Å². The molecule has 1 aromatic heterocycles. The van der Waals surface area contributed by atoms with Gasteiger partial charge in [-0.15, -0.1) is 0 Å². The van der Waals surface area contributed by atoms with Gasteiger partial charge >= 0.3 is 0 Å². The molecule has 0 radical (unpaired) electrons. The molecule has 88 valence electrons. The number of anilines is 2. The highest BCUT2D eigenvalue weighted by molar-refractivity contribution is 6.31. The van der Waals surface area contributed by atoms with Crippen LogP contribution in [0.5, 0.6) is 0 Å². The van der Waals surface area contributed by atoms with Crippen molar-refractivity contribution >= 4 is 33.9 Å². The zero-order chi connectivity index (χ0) is 12.4. The molecule has 0 bridgehead atoms. The van der Waals surface area contributed by atoms with E-state index in [1.807, 2.05) is 54.6 Å². The van der Waals surface area contributed by atoms with Crippen LogP contribution in [0.4, 0.5) is 11.4 Å². The van der Waals surface area contributed by atoms with Gasteiger partial charge in [0.2, 0.25) is 0 Å². The summed E-state index contributed by atoms with van der Waals surface area (Å²) < 4.78 is 0. The third kappa shape index (κ3) is 2.15. The Hall–Kier alpha value is -2.06. The Kier molecular flexibility index (Phi) is 2.87. The summed E-state index contributed by atoms with van der Waals surface area (Å²) in [5.74, 6) is 0. The van der Waals surface area contributed by atoms with Crippen molar-refractivity contribution in [2.24, 2.45) is 0 Å². The first-order valence-corrected chi connectivity index (χ1v) is 6.07. The molecule has 1 N–H and O–H groups in total. The Balaban J connectivity index is 2.07. The van der Waals surface area contributed by atoms with Gasteiger partial charge in [0.05, 0.1) is 5.52 Å². The monoisotopic (exact) mass is 254 g/mol. The summed E-state index contributed by atoms with van der Waals surface area (Å²) in [4.78, 5) is 4.32. The molecule has 0 atom stereocenters. The molecule has 18 heavy (non-hydrogen) atoms. The molecular formula is C15H11ClN2. The number of para-hydroxylation sites is 1. The lowest BCUT2D eigenvalue weighted by Gasteiger charge is -2.09. The number of nitrogens with zero attached hydrogens (tertiary/aromatic N) is 1. The molecule has 0 aliphatic rings. The SMILES string of the molecule is Clc1ccc2c(Nc3ccccc3)ccnc2c1. The van der Waals surface area contributed by atoms with Gasteiger partial charge in [0.25, 0.3) is 0 Å². The Morgan fingerprint density at radius 1 is 0.944 bits per heavy atom. The van der Waals surface area contributed by atoms with Crippen LogP contribution in [0.15, 0.2) is 60.8 Å². The Morgan fingerprint density at radius 2 is 1.78 bits per heavy atom. The molecule has 0 spiro atoms. The standard InChI is InChI=1S/C15H11ClN2/c16-11-6-7-13-14(8-9-17-15(13)10-11)18-12-4-2-1-3-5-12/h1-10H,(H,17,18). The summed E-state index contributed by atoms with van der Waals surface area (Å²) in [5, 5.41) is 5.14. The normalized spacial score (nSPS) is 10.5. The predicted octanol–water partition coefficient (Wildman–Crippen LogP) is 4.63. The van der Waals surface area contributed by atoms with E-state index in [1.165, 1.54) is 0 Å². The zero-order valence-corrected chi connectivity index (χ0v) is 10.4. The van der Waals surface area contributed by atoms with Gasteiger partial charge in [-0.05, 0) is 36.4 Å². The van der Waals surface area contributed by atoms with E-state index in [0.29, 0.717) is 5.02 Å².